The van der Waals surface area contributed by atoms with E-state index in [9.17, 15) is 0 Å². The van der Waals surface area contributed by atoms with E-state index in [1.165, 1.54) is 0 Å². The third kappa shape index (κ3) is 23.3. The third-order valence-corrected chi connectivity index (χ3v) is 0. The van der Waals surface area contributed by atoms with Crippen LogP contribution in [0.3, 0.4) is 0 Å². The Hall–Kier alpha value is 4.73. The summed E-state index contributed by atoms with van der Waals surface area (Å²) in [5.74, 6) is 0. The van der Waals surface area contributed by atoms with Crippen molar-refractivity contribution in [3.8, 4) is 0 Å². The van der Waals surface area contributed by atoms with Gasteiger partial charge in [0.2, 0.25) is 0 Å². The van der Waals surface area contributed by atoms with Gasteiger partial charge in [-0.15, -0.1) is 0 Å². The molecule has 0 aromatic carbocycles. The maximum absolute atomic E-state index is 0. The maximum Gasteiger partial charge on any atom is 1.00 e. The second-order valence-corrected chi connectivity index (χ2v) is 0. The van der Waals surface area contributed by atoms with Crippen molar-refractivity contribution in [2.75, 3.05) is 0 Å². The van der Waals surface area contributed by atoms with Crippen LogP contribution in [0.1, 0.15) is 0 Å². The fraction of sp³-hybridized carbons (Fsp3) is 0. The molecule has 0 aromatic rings. The average molecular weight is 975 g/mol. The first-order valence-corrected chi connectivity index (χ1v) is 0. The Bertz CT molecular complexity index is 5.51. The molecule has 0 spiro atoms. The van der Waals surface area contributed by atoms with Crippen molar-refractivity contribution in [3.63, 3.8) is 0 Å². The summed E-state index contributed by atoms with van der Waals surface area (Å²) in [6.45, 7) is 0. The van der Waals surface area contributed by atoms with Crippen LogP contribution in [0.5, 0.6) is 0 Å². The van der Waals surface area contributed by atoms with Gasteiger partial charge in [-0.3, -0.25) is 0 Å². The predicted octanol–water partition coefficient (Wildman–Crippen LogP) is -2.28. The van der Waals surface area contributed by atoms with E-state index in [4.69, 9.17) is 0 Å². The summed E-state index contributed by atoms with van der Waals surface area (Å²) in [6.07, 6.45) is 0. The summed E-state index contributed by atoms with van der Waals surface area (Å²) < 4.78 is 0. The predicted molar refractivity (Wildman–Crippen MR) is 34.5 cm³/mol. The fourth-order valence-electron chi connectivity index (χ4n) is 0. The van der Waals surface area contributed by atoms with Crippen LogP contribution in [0.25, 0.3) is 0 Å². The molecule has 0 nitrogen and oxygen atoms in total. The standard InChI is InChI=1S/2Se.4Tl/q2*-2;4*+1. The van der Waals surface area contributed by atoms with Gasteiger partial charge in [-0.2, -0.15) is 0 Å². The van der Waals surface area contributed by atoms with Gasteiger partial charge in [0.1, 0.15) is 0 Å². The summed E-state index contributed by atoms with van der Waals surface area (Å²) >= 11 is 0. The van der Waals surface area contributed by atoms with E-state index in [1.807, 2.05) is 0 Å². The van der Waals surface area contributed by atoms with Gasteiger partial charge in [-0.1, -0.05) is 0 Å². The molecule has 0 aromatic heterocycles. The zero-order valence-corrected chi connectivity index (χ0v) is 24.5. The number of rotatable bonds is 0. The van der Waals surface area contributed by atoms with Crippen LogP contribution in [0, 0.1) is 0 Å². The summed E-state index contributed by atoms with van der Waals surface area (Å²) in [4.78, 5) is 0. The van der Waals surface area contributed by atoms with Crippen LogP contribution < -0.4 is 0 Å². The smallest absolute Gasteiger partial charge is 1.00 e. The van der Waals surface area contributed by atoms with Crippen LogP contribution in [-0.4, -0.2) is 143 Å². The quantitative estimate of drug-likeness (QED) is 0.241. The normalized spacial score (nSPS) is 0. The molecule has 6 heavy (non-hydrogen) atoms. The van der Waals surface area contributed by atoms with Crippen molar-refractivity contribution in [3.05, 3.63) is 0 Å². The minimum atomic E-state index is 0. The van der Waals surface area contributed by atoms with E-state index in [1.54, 1.807) is 0 Å². The molecule has 0 aliphatic heterocycles. The maximum atomic E-state index is 0. The van der Waals surface area contributed by atoms with Crippen molar-refractivity contribution in [2.45, 2.75) is 0 Å². The van der Waals surface area contributed by atoms with Gasteiger partial charge in [0, 0.05) is 0 Å². The van der Waals surface area contributed by atoms with Crippen molar-refractivity contribution >= 4 is 143 Å². The molecule has 0 radical (unpaired) electrons. The van der Waals surface area contributed by atoms with E-state index in [0.717, 1.165) is 0 Å². The van der Waals surface area contributed by atoms with E-state index >= 15 is 0 Å². The molecule has 0 saturated carbocycles. The van der Waals surface area contributed by atoms with Crippen LogP contribution >= 0.6 is 0 Å². The molecule has 0 heterocycles. The third-order valence-electron chi connectivity index (χ3n) is 0. The Labute approximate surface area is 140 Å². The van der Waals surface area contributed by atoms with Gasteiger partial charge >= 0.3 is 109 Å². The van der Waals surface area contributed by atoms with E-state index < -0.39 is 0 Å². The molecule has 0 aliphatic carbocycles. The minimum Gasteiger partial charge on any atom is -2.00 e. The Kier molecular flexibility index (Phi) is 251. The molecule has 0 amide bonds. The largest absolute Gasteiger partial charge is 2.00 e. The van der Waals surface area contributed by atoms with E-state index in [-0.39, 0.29) is 143 Å². The first kappa shape index (κ1) is 45.4. The van der Waals surface area contributed by atoms with Gasteiger partial charge in [0.05, 0.1) is 0 Å². The fourth-order valence-corrected chi connectivity index (χ4v) is 0. The van der Waals surface area contributed by atoms with Gasteiger partial charge in [-0.25, -0.2) is 0 Å². The number of hydrogen-bond donors (Lipinski definition) is 0. The SMILES string of the molecule is [Se-2].[Se-2].[Tl+].[Tl+].[Tl+].[Tl+]. The Morgan fingerprint density at radius 3 is 0.333 bits per heavy atom. The zero-order chi connectivity index (χ0) is 0. The monoisotopic (exact) mass is 980 g/mol. The van der Waals surface area contributed by atoms with Crippen molar-refractivity contribution in [1.82, 2.24) is 0 Å². The average Bonchev–Trinajstić information content (AvgIpc) is 0. The molecule has 0 aliphatic rings. The zero-order valence-electron chi connectivity index (χ0n) is 3.13. The Morgan fingerprint density at radius 1 is 0.333 bits per heavy atom. The molecular formula is Se2Tl4. The summed E-state index contributed by atoms with van der Waals surface area (Å²) in [7, 11) is 0. The Morgan fingerprint density at radius 2 is 0.333 bits per heavy atom. The van der Waals surface area contributed by atoms with Crippen molar-refractivity contribution in [1.29, 1.82) is 0 Å². The van der Waals surface area contributed by atoms with Gasteiger partial charge in [0.25, 0.3) is 0 Å². The second kappa shape index (κ2) is 33.2. The molecule has 0 unspecified atom stereocenters. The van der Waals surface area contributed by atoms with Crippen molar-refractivity contribution < 1.29 is 0 Å². The van der Waals surface area contributed by atoms with Crippen LogP contribution in [0.15, 0.2) is 0 Å². The molecule has 0 saturated heterocycles. The van der Waals surface area contributed by atoms with Crippen LogP contribution in [0.2, 0.25) is 0 Å². The van der Waals surface area contributed by atoms with E-state index in [2.05, 4.69) is 0 Å². The molecule has 0 atom stereocenters. The van der Waals surface area contributed by atoms with E-state index in [0.29, 0.717) is 0 Å². The molecule has 0 N–H and O–H groups in total. The molecule has 24 valence electrons. The van der Waals surface area contributed by atoms with Crippen molar-refractivity contribution in [2.24, 2.45) is 0 Å². The molecule has 0 bridgehead atoms. The second-order valence-electron chi connectivity index (χ2n) is 0. The summed E-state index contributed by atoms with van der Waals surface area (Å²) in [5.41, 5.74) is 0. The van der Waals surface area contributed by atoms with Gasteiger partial charge in [-0.05, 0) is 0 Å². The first-order chi connectivity index (χ1) is 0. The number of hydrogen-bond acceptors (Lipinski definition) is 0. The van der Waals surface area contributed by atoms with Gasteiger partial charge < -0.3 is 34.1 Å². The molecular weight excluding hydrogens is 975 g/mol. The molecule has 0 fully saturated rings. The summed E-state index contributed by atoms with van der Waals surface area (Å²) in [5, 5.41) is 0. The Balaban J connectivity index is 0. The van der Waals surface area contributed by atoms with Gasteiger partial charge in [0.15, 0.2) is 0 Å². The minimum absolute atomic E-state index is 0. The molecule has 0 rings (SSSR count). The topological polar surface area (TPSA) is 0 Å². The first-order valence-electron chi connectivity index (χ1n) is 0. The molecule has 6 heteroatoms. The van der Waals surface area contributed by atoms with Crippen LogP contribution in [-0.2, 0) is 0 Å². The van der Waals surface area contributed by atoms with Crippen LogP contribution in [0.4, 0.5) is 0 Å². The summed E-state index contributed by atoms with van der Waals surface area (Å²) in [6, 6.07) is 0.